The first-order chi connectivity index (χ1) is 9.16. The van der Waals surface area contributed by atoms with Crippen molar-refractivity contribution in [2.24, 2.45) is 0 Å². The van der Waals surface area contributed by atoms with Crippen molar-refractivity contribution in [3.63, 3.8) is 0 Å². The van der Waals surface area contributed by atoms with Crippen LogP contribution in [0.1, 0.15) is 0 Å². The van der Waals surface area contributed by atoms with E-state index in [1.807, 2.05) is 25.2 Å². The van der Waals surface area contributed by atoms with Gasteiger partial charge in [0.2, 0.25) is 0 Å². The first kappa shape index (κ1) is 13.6. The fourth-order valence-electron chi connectivity index (χ4n) is 1.74. The number of hydrogen-bond donors (Lipinski definition) is 1. The molecule has 0 saturated carbocycles. The zero-order chi connectivity index (χ0) is 13.7. The molecular formula is C15H17ClN2O. The Bertz CT molecular complexity index is 531. The van der Waals surface area contributed by atoms with Gasteiger partial charge >= 0.3 is 0 Å². The molecule has 0 atom stereocenters. The number of likely N-dealkylation sites (N-methyl/N-ethyl adjacent to an activating group) is 1. The molecule has 2 N–H and O–H groups in total. The number of para-hydroxylation sites is 1. The van der Waals surface area contributed by atoms with Gasteiger partial charge in [0.15, 0.2) is 0 Å². The number of ether oxygens (including phenoxy) is 1. The summed E-state index contributed by atoms with van der Waals surface area (Å²) in [6.07, 6.45) is 0. The van der Waals surface area contributed by atoms with Crippen LogP contribution in [0.25, 0.3) is 0 Å². The van der Waals surface area contributed by atoms with Crippen molar-refractivity contribution in [1.29, 1.82) is 0 Å². The lowest BCUT2D eigenvalue weighted by Crippen LogP contribution is -2.23. The molecular weight excluding hydrogens is 260 g/mol. The van der Waals surface area contributed by atoms with Crippen molar-refractivity contribution < 1.29 is 4.74 Å². The molecule has 19 heavy (non-hydrogen) atoms. The second kappa shape index (κ2) is 6.34. The number of nitrogens with two attached hydrogens (primary N) is 1. The number of benzene rings is 2. The maximum Gasteiger partial charge on any atom is 0.138 e. The third-order valence-corrected chi connectivity index (χ3v) is 3.13. The van der Waals surface area contributed by atoms with Crippen molar-refractivity contribution in [2.45, 2.75) is 0 Å². The van der Waals surface area contributed by atoms with Gasteiger partial charge in [0.1, 0.15) is 12.4 Å². The van der Waals surface area contributed by atoms with Crippen molar-refractivity contribution >= 4 is 23.0 Å². The number of nitrogen functional groups attached to an aromatic ring is 1. The zero-order valence-corrected chi connectivity index (χ0v) is 11.6. The largest absolute Gasteiger partial charge is 0.490 e. The summed E-state index contributed by atoms with van der Waals surface area (Å²) in [6.45, 7) is 1.35. The Morgan fingerprint density at radius 3 is 2.58 bits per heavy atom. The van der Waals surface area contributed by atoms with Crippen LogP contribution in [0.5, 0.6) is 5.75 Å². The summed E-state index contributed by atoms with van der Waals surface area (Å²) in [4.78, 5) is 2.13. The molecule has 0 bridgehead atoms. The summed E-state index contributed by atoms with van der Waals surface area (Å²) in [5.74, 6) is 0.664. The predicted molar refractivity (Wildman–Crippen MR) is 81.1 cm³/mol. The van der Waals surface area contributed by atoms with Crippen molar-refractivity contribution in [3.8, 4) is 5.75 Å². The van der Waals surface area contributed by atoms with Gasteiger partial charge in [-0.1, -0.05) is 29.8 Å². The van der Waals surface area contributed by atoms with Gasteiger partial charge in [-0.15, -0.1) is 0 Å². The highest BCUT2D eigenvalue weighted by Gasteiger charge is 2.03. The summed E-state index contributed by atoms with van der Waals surface area (Å²) < 4.78 is 5.65. The summed E-state index contributed by atoms with van der Waals surface area (Å²) in [5.41, 5.74) is 7.43. The predicted octanol–water partition coefficient (Wildman–Crippen LogP) is 3.44. The topological polar surface area (TPSA) is 38.5 Å². The fraction of sp³-hybridized carbons (Fsp3) is 0.200. The van der Waals surface area contributed by atoms with Gasteiger partial charge in [0.25, 0.3) is 0 Å². The Kier molecular flexibility index (Phi) is 4.53. The van der Waals surface area contributed by atoms with Crippen LogP contribution in [0.15, 0.2) is 48.5 Å². The van der Waals surface area contributed by atoms with Crippen molar-refractivity contribution in [1.82, 2.24) is 0 Å². The lowest BCUT2D eigenvalue weighted by Gasteiger charge is -2.19. The van der Waals surface area contributed by atoms with Crippen LogP contribution < -0.4 is 15.4 Å². The lowest BCUT2D eigenvalue weighted by molar-refractivity contribution is 0.326. The summed E-state index contributed by atoms with van der Waals surface area (Å²) >= 11 is 6.04. The normalized spacial score (nSPS) is 10.2. The number of hydrogen-bond acceptors (Lipinski definition) is 3. The minimum Gasteiger partial charge on any atom is -0.490 e. The van der Waals surface area contributed by atoms with Crippen LogP contribution >= 0.6 is 11.6 Å². The highest BCUT2D eigenvalue weighted by atomic mass is 35.5. The molecule has 0 unspecified atom stereocenters. The number of nitrogens with zero attached hydrogens (tertiary/aromatic N) is 1. The van der Waals surface area contributed by atoms with E-state index in [2.05, 4.69) is 17.0 Å². The van der Waals surface area contributed by atoms with E-state index in [0.29, 0.717) is 23.1 Å². The van der Waals surface area contributed by atoms with E-state index in [9.17, 15) is 0 Å². The molecule has 3 nitrogen and oxygen atoms in total. The SMILES string of the molecule is CN(CCOc1ccc(N)cc1Cl)c1ccccc1. The van der Waals surface area contributed by atoms with E-state index in [1.165, 1.54) is 0 Å². The van der Waals surface area contributed by atoms with Gasteiger partial charge in [0, 0.05) is 18.4 Å². The Hall–Kier alpha value is -1.87. The van der Waals surface area contributed by atoms with Crippen LogP contribution in [0.4, 0.5) is 11.4 Å². The zero-order valence-electron chi connectivity index (χ0n) is 10.8. The van der Waals surface area contributed by atoms with Crippen LogP contribution in [0, 0.1) is 0 Å². The summed E-state index contributed by atoms with van der Waals surface area (Å²) in [7, 11) is 2.03. The second-order valence-corrected chi connectivity index (χ2v) is 4.70. The minimum atomic E-state index is 0.544. The molecule has 0 aliphatic carbocycles. The second-order valence-electron chi connectivity index (χ2n) is 4.30. The van der Waals surface area contributed by atoms with Gasteiger partial charge in [-0.25, -0.2) is 0 Å². The first-order valence-electron chi connectivity index (χ1n) is 6.11. The quantitative estimate of drug-likeness (QED) is 0.850. The molecule has 0 amide bonds. The van der Waals surface area contributed by atoms with Gasteiger partial charge in [-0.05, 0) is 30.3 Å². The Morgan fingerprint density at radius 1 is 1.16 bits per heavy atom. The summed E-state index contributed by atoms with van der Waals surface area (Å²) in [5, 5.41) is 0.544. The monoisotopic (exact) mass is 276 g/mol. The number of rotatable bonds is 5. The fourth-order valence-corrected chi connectivity index (χ4v) is 1.98. The summed E-state index contributed by atoms with van der Waals surface area (Å²) in [6, 6.07) is 15.4. The highest BCUT2D eigenvalue weighted by molar-refractivity contribution is 6.32. The van der Waals surface area contributed by atoms with E-state index in [0.717, 1.165) is 12.2 Å². The number of anilines is 2. The molecule has 2 aromatic carbocycles. The molecule has 100 valence electrons. The Labute approximate surface area is 118 Å². The molecule has 2 rings (SSSR count). The molecule has 0 aliphatic rings. The minimum absolute atomic E-state index is 0.544. The molecule has 0 fully saturated rings. The average Bonchev–Trinajstić information content (AvgIpc) is 2.42. The van der Waals surface area contributed by atoms with Crippen LogP contribution in [-0.2, 0) is 0 Å². The van der Waals surface area contributed by atoms with Gasteiger partial charge in [0.05, 0.1) is 11.6 Å². The highest BCUT2D eigenvalue weighted by Crippen LogP contribution is 2.26. The van der Waals surface area contributed by atoms with Crippen LogP contribution in [-0.4, -0.2) is 20.2 Å². The Balaban J connectivity index is 1.86. The van der Waals surface area contributed by atoms with Crippen LogP contribution in [0.2, 0.25) is 5.02 Å². The standard InChI is InChI=1S/C15H17ClN2O/c1-18(13-5-3-2-4-6-13)9-10-19-15-8-7-12(17)11-14(15)16/h2-8,11H,9-10,17H2,1H3. The maximum atomic E-state index is 6.04. The third-order valence-electron chi connectivity index (χ3n) is 2.84. The van der Waals surface area contributed by atoms with Gasteiger partial charge in [-0.2, -0.15) is 0 Å². The Morgan fingerprint density at radius 2 is 1.89 bits per heavy atom. The molecule has 0 aliphatic heterocycles. The first-order valence-corrected chi connectivity index (χ1v) is 6.48. The van der Waals surface area contributed by atoms with E-state index in [1.54, 1.807) is 18.2 Å². The lowest BCUT2D eigenvalue weighted by atomic mass is 10.3. The van der Waals surface area contributed by atoms with Crippen LogP contribution in [0.3, 0.4) is 0 Å². The molecule has 0 radical (unpaired) electrons. The number of halogens is 1. The molecule has 0 aromatic heterocycles. The molecule has 0 saturated heterocycles. The van der Waals surface area contributed by atoms with E-state index in [-0.39, 0.29) is 0 Å². The van der Waals surface area contributed by atoms with E-state index in [4.69, 9.17) is 22.1 Å². The molecule has 0 spiro atoms. The average molecular weight is 277 g/mol. The third kappa shape index (κ3) is 3.80. The van der Waals surface area contributed by atoms with E-state index >= 15 is 0 Å². The molecule has 0 heterocycles. The maximum absolute atomic E-state index is 6.04. The van der Waals surface area contributed by atoms with Crippen molar-refractivity contribution in [2.75, 3.05) is 30.8 Å². The van der Waals surface area contributed by atoms with Gasteiger partial charge < -0.3 is 15.4 Å². The smallest absolute Gasteiger partial charge is 0.138 e. The van der Waals surface area contributed by atoms with Crippen molar-refractivity contribution in [3.05, 3.63) is 53.6 Å². The molecule has 2 aromatic rings. The van der Waals surface area contributed by atoms with Gasteiger partial charge in [-0.3, -0.25) is 0 Å². The van der Waals surface area contributed by atoms with E-state index < -0.39 is 0 Å². The molecule has 4 heteroatoms.